The summed E-state index contributed by atoms with van der Waals surface area (Å²) in [7, 11) is -3.56. The van der Waals surface area contributed by atoms with E-state index in [2.05, 4.69) is 4.90 Å². The Bertz CT molecular complexity index is 809. The second-order valence-electron chi connectivity index (χ2n) is 6.70. The zero-order chi connectivity index (χ0) is 18.9. The average Bonchev–Trinajstić information content (AvgIpc) is 2.93. The van der Waals surface area contributed by atoms with Crippen LogP contribution in [0.15, 0.2) is 23.1 Å². The molecule has 0 spiro atoms. The van der Waals surface area contributed by atoms with Crippen molar-refractivity contribution in [1.82, 2.24) is 14.1 Å². The first kappa shape index (κ1) is 18.7. The molecular formula is C17H23N3O5S2. The number of sulfonamides is 1. The molecule has 148 valence electrons. The topological polar surface area (TPSA) is 71.6 Å². The molecule has 3 aliphatic rings. The second kappa shape index (κ2) is 7.78. The summed E-state index contributed by atoms with van der Waals surface area (Å²) in [5.41, 5.74) is 0. The lowest BCUT2D eigenvalue weighted by molar-refractivity contribution is 0.142. The molecule has 0 aromatic heterocycles. The van der Waals surface area contributed by atoms with Gasteiger partial charge in [-0.05, 0) is 24.4 Å². The molecule has 4 rings (SSSR count). The average molecular weight is 414 g/mol. The Hall–Kier alpha value is -1.62. The molecule has 0 bridgehead atoms. The van der Waals surface area contributed by atoms with Gasteiger partial charge in [-0.25, -0.2) is 8.42 Å². The highest BCUT2D eigenvalue weighted by Gasteiger charge is 2.31. The molecule has 1 aromatic rings. The largest absolute Gasteiger partial charge is 0.490 e. The van der Waals surface area contributed by atoms with E-state index in [9.17, 15) is 8.42 Å². The van der Waals surface area contributed by atoms with Crippen LogP contribution in [0.25, 0.3) is 0 Å². The molecule has 0 amide bonds. The zero-order valence-corrected chi connectivity index (χ0v) is 16.6. The molecule has 0 unspecified atom stereocenters. The fraction of sp³-hybridized carbons (Fsp3) is 0.588. The van der Waals surface area contributed by atoms with Gasteiger partial charge in [-0.15, -0.1) is 0 Å². The van der Waals surface area contributed by atoms with Crippen LogP contribution in [0.3, 0.4) is 0 Å². The van der Waals surface area contributed by atoms with E-state index in [4.69, 9.17) is 26.4 Å². The lowest BCUT2D eigenvalue weighted by atomic mass is 10.3. The fourth-order valence-corrected chi connectivity index (χ4v) is 5.03. The highest BCUT2D eigenvalue weighted by atomic mass is 32.2. The Kier molecular flexibility index (Phi) is 5.40. The molecule has 0 N–H and O–H groups in total. The Labute approximate surface area is 164 Å². The van der Waals surface area contributed by atoms with E-state index in [1.54, 1.807) is 18.2 Å². The number of thiocarbonyl (C=S) groups is 1. The van der Waals surface area contributed by atoms with Crippen LogP contribution in [-0.4, -0.2) is 86.9 Å². The molecule has 2 fully saturated rings. The first-order valence-corrected chi connectivity index (χ1v) is 10.9. The zero-order valence-electron chi connectivity index (χ0n) is 15.0. The van der Waals surface area contributed by atoms with E-state index in [-0.39, 0.29) is 4.90 Å². The van der Waals surface area contributed by atoms with Gasteiger partial charge < -0.3 is 19.1 Å². The Morgan fingerprint density at radius 3 is 2.37 bits per heavy atom. The van der Waals surface area contributed by atoms with Crippen molar-refractivity contribution in [2.24, 2.45) is 0 Å². The van der Waals surface area contributed by atoms with Crippen LogP contribution in [-0.2, 0) is 14.8 Å². The summed E-state index contributed by atoms with van der Waals surface area (Å²) >= 11 is 5.16. The van der Waals surface area contributed by atoms with Gasteiger partial charge in [0.05, 0.1) is 31.3 Å². The Morgan fingerprint density at radius 2 is 1.67 bits per heavy atom. The number of hydrogen-bond acceptors (Lipinski definition) is 7. The van der Waals surface area contributed by atoms with E-state index in [1.807, 2.05) is 4.90 Å². The van der Waals surface area contributed by atoms with E-state index in [0.29, 0.717) is 69.3 Å². The number of piperazine rings is 1. The van der Waals surface area contributed by atoms with Crippen molar-refractivity contribution in [3.05, 3.63) is 18.2 Å². The van der Waals surface area contributed by atoms with Crippen molar-refractivity contribution in [1.29, 1.82) is 0 Å². The standard InChI is InChI=1S/C17H23N3O5S2/c21-27(22,14-2-3-15-16(12-14)24-10-1-9-23-15)20-6-4-18(5-7-20)13-19-8-11-25-17(19)26/h2-3,12H,1,4-11,13H2. The van der Waals surface area contributed by atoms with Crippen molar-refractivity contribution < 1.29 is 22.6 Å². The summed E-state index contributed by atoms with van der Waals surface area (Å²) in [4.78, 5) is 4.44. The number of benzene rings is 1. The first-order chi connectivity index (χ1) is 13.0. The lowest BCUT2D eigenvalue weighted by Crippen LogP contribution is -2.51. The highest BCUT2D eigenvalue weighted by molar-refractivity contribution is 7.89. The van der Waals surface area contributed by atoms with E-state index in [0.717, 1.165) is 13.0 Å². The van der Waals surface area contributed by atoms with Crippen molar-refractivity contribution in [2.75, 3.05) is 59.2 Å². The summed E-state index contributed by atoms with van der Waals surface area (Å²) < 4.78 is 44.1. The minimum Gasteiger partial charge on any atom is -0.490 e. The maximum atomic E-state index is 13.0. The monoisotopic (exact) mass is 413 g/mol. The summed E-state index contributed by atoms with van der Waals surface area (Å²) in [5.74, 6) is 1.09. The molecule has 3 heterocycles. The molecule has 2 saturated heterocycles. The molecular weight excluding hydrogens is 390 g/mol. The summed E-state index contributed by atoms with van der Waals surface area (Å²) in [5, 5.41) is 0.525. The van der Waals surface area contributed by atoms with Gasteiger partial charge in [0.2, 0.25) is 10.0 Å². The minimum absolute atomic E-state index is 0.245. The highest BCUT2D eigenvalue weighted by Crippen LogP contribution is 2.33. The summed E-state index contributed by atoms with van der Waals surface area (Å²) in [6.07, 6.45) is 0.782. The molecule has 27 heavy (non-hydrogen) atoms. The van der Waals surface area contributed by atoms with Crippen LogP contribution in [0, 0.1) is 0 Å². The third-order valence-electron chi connectivity index (χ3n) is 4.90. The Balaban J connectivity index is 1.41. The Morgan fingerprint density at radius 1 is 0.926 bits per heavy atom. The van der Waals surface area contributed by atoms with Crippen LogP contribution in [0.4, 0.5) is 0 Å². The van der Waals surface area contributed by atoms with Crippen LogP contribution in [0.5, 0.6) is 11.5 Å². The van der Waals surface area contributed by atoms with Crippen molar-refractivity contribution in [2.45, 2.75) is 11.3 Å². The summed E-state index contributed by atoms with van der Waals surface area (Å²) in [6.45, 7) is 5.38. The molecule has 8 nitrogen and oxygen atoms in total. The third kappa shape index (κ3) is 3.98. The van der Waals surface area contributed by atoms with Gasteiger partial charge in [-0.1, -0.05) is 0 Å². The minimum atomic E-state index is -3.56. The van der Waals surface area contributed by atoms with Crippen LogP contribution < -0.4 is 9.47 Å². The number of nitrogens with zero attached hydrogens (tertiary/aromatic N) is 3. The van der Waals surface area contributed by atoms with Gasteiger partial charge in [0, 0.05) is 38.7 Å². The van der Waals surface area contributed by atoms with E-state index < -0.39 is 10.0 Å². The molecule has 1 aromatic carbocycles. The van der Waals surface area contributed by atoms with Crippen LogP contribution in [0.2, 0.25) is 0 Å². The van der Waals surface area contributed by atoms with Gasteiger partial charge in [-0.2, -0.15) is 4.31 Å². The number of rotatable bonds is 4. The maximum Gasteiger partial charge on any atom is 0.260 e. The third-order valence-corrected chi connectivity index (χ3v) is 7.17. The second-order valence-corrected chi connectivity index (χ2v) is 8.99. The number of ether oxygens (including phenoxy) is 3. The fourth-order valence-electron chi connectivity index (χ4n) is 3.36. The van der Waals surface area contributed by atoms with Gasteiger partial charge in [0.1, 0.15) is 6.61 Å². The van der Waals surface area contributed by atoms with Crippen LogP contribution in [0.1, 0.15) is 6.42 Å². The van der Waals surface area contributed by atoms with Gasteiger partial charge in [0.25, 0.3) is 5.17 Å². The van der Waals surface area contributed by atoms with E-state index in [1.165, 1.54) is 4.31 Å². The summed E-state index contributed by atoms with van der Waals surface area (Å²) in [6, 6.07) is 4.84. The number of hydrogen-bond donors (Lipinski definition) is 0. The molecule has 0 radical (unpaired) electrons. The quantitative estimate of drug-likeness (QED) is 0.669. The predicted molar refractivity (Wildman–Crippen MR) is 103 cm³/mol. The molecule has 0 saturated carbocycles. The van der Waals surface area contributed by atoms with Crippen molar-refractivity contribution in [3.63, 3.8) is 0 Å². The smallest absolute Gasteiger partial charge is 0.260 e. The van der Waals surface area contributed by atoms with Crippen molar-refractivity contribution in [3.8, 4) is 11.5 Å². The van der Waals surface area contributed by atoms with Gasteiger partial charge in [-0.3, -0.25) is 4.90 Å². The number of fused-ring (bicyclic) bond motifs is 1. The SMILES string of the molecule is O=S(=O)(c1ccc2c(c1)OCCCO2)N1CCN(CN2CCOC2=S)CC1. The first-order valence-electron chi connectivity index (χ1n) is 9.08. The lowest BCUT2D eigenvalue weighted by Gasteiger charge is -2.35. The van der Waals surface area contributed by atoms with Gasteiger partial charge in [0.15, 0.2) is 11.5 Å². The van der Waals surface area contributed by atoms with E-state index >= 15 is 0 Å². The molecule has 0 atom stereocenters. The predicted octanol–water partition coefficient (Wildman–Crippen LogP) is 0.729. The molecule has 0 aliphatic carbocycles. The molecule has 10 heteroatoms. The van der Waals surface area contributed by atoms with Crippen molar-refractivity contribution >= 4 is 27.4 Å². The van der Waals surface area contributed by atoms with Crippen LogP contribution >= 0.6 is 12.2 Å². The normalized spacial score (nSPS) is 21.8. The maximum absolute atomic E-state index is 13.0. The van der Waals surface area contributed by atoms with Gasteiger partial charge >= 0.3 is 0 Å². The molecule has 3 aliphatic heterocycles.